The van der Waals surface area contributed by atoms with Gasteiger partial charge < -0.3 is 10.6 Å². The van der Waals surface area contributed by atoms with Crippen LogP contribution in [0.2, 0.25) is 0 Å². The summed E-state index contributed by atoms with van der Waals surface area (Å²) in [5.41, 5.74) is 2.04. The summed E-state index contributed by atoms with van der Waals surface area (Å²) in [6, 6.07) is 7.66. The first-order valence-corrected chi connectivity index (χ1v) is 5.85. The van der Waals surface area contributed by atoms with E-state index in [0.717, 1.165) is 5.56 Å². The van der Waals surface area contributed by atoms with Gasteiger partial charge in [-0.1, -0.05) is 12.1 Å². The minimum absolute atomic E-state index is 0.198. The van der Waals surface area contributed by atoms with Crippen LogP contribution >= 0.6 is 0 Å². The Balaban J connectivity index is 2.03. The van der Waals surface area contributed by atoms with Gasteiger partial charge >= 0.3 is 0 Å². The van der Waals surface area contributed by atoms with Crippen molar-refractivity contribution in [1.82, 2.24) is 10.3 Å². The number of pyridine rings is 1. The number of nitrogens with zero attached hydrogens (tertiary/aromatic N) is 1. The van der Waals surface area contributed by atoms with Crippen LogP contribution < -0.4 is 10.6 Å². The van der Waals surface area contributed by atoms with Crippen LogP contribution in [-0.2, 0) is 6.54 Å². The van der Waals surface area contributed by atoms with E-state index >= 15 is 0 Å². The number of halogens is 1. The predicted molar refractivity (Wildman–Crippen MR) is 71.4 cm³/mol. The molecular weight excluding hydrogens is 245 g/mol. The highest BCUT2D eigenvalue weighted by Gasteiger charge is 2.09. The molecule has 0 saturated carbocycles. The lowest BCUT2D eigenvalue weighted by Crippen LogP contribution is -2.23. The summed E-state index contributed by atoms with van der Waals surface area (Å²) in [7, 11) is 1.73. The van der Waals surface area contributed by atoms with Crippen LogP contribution in [0.3, 0.4) is 0 Å². The third-order valence-corrected chi connectivity index (χ3v) is 2.70. The molecule has 0 atom stereocenters. The van der Waals surface area contributed by atoms with Crippen LogP contribution in [0.1, 0.15) is 15.9 Å². The molecule has 2 aromatic rings. The van der Waals surface area contributed by atoms with Crippen LogP contribution in [0.5, 0.6) is 0 Å². The Hall–Kier alpha value is -2.43. The number of nitrogens with one attached hydrogen (secondary N) is 2. The SMILES string of the molecule is CNc1cnccc1C(=O)NCc1ccc(F)cc1. The lowest BCUT2D eigenvalue weighted by molar-refractivity contribution is 0.0951. The van der Waals surface area contributed by atoms with Gasteiger partial charge in [0, 0.05) is 19.8 Å². The van der Waals surface area contributed by atoms with Gasteiger partial charge in [-0.3, -0.25) is 9.78 Å². The fraction of sp³-hybridized carbons (Fsp3) is 0.143. The Kier molecular flexibility index (Phi) is 4.07. The molecule has 0 aliphatic heterocycles. The average molecular weight is 259 g/mol. The number of hydrogen-bond donors (Lipinski definition) is 2. The molecule has 5 heteroatoms. The zero-order valence-corrected chi connectivity index (χ0v) is 10.5. The summed E-state index contributed by atoms with van der Waals surface area (Å²) in [5.74, 6) is -0.488. The van der Waals surface area contributed by atoms with Crippen LogP contribution in [0, 0.1) is 5.82 Å². The first-order valence-electron chi connectivity index (χ1n) is 5.85. The highest BCUT2D eigenvalue weighted by Crippen LogP contribution is 2.12. The van der Waals surface area contributed by atoms with E-state index in [4.69, 9.17) is 0 Å². The Labute approximate surface area is 110 Å². The summed E-state index contributed by atoms with van der Waals surface area (Å²) < 4.78 is 12.7. The predicted octanol–water partition coefficient (Wildman–Crippen LogP) is 2.19. The molecule has 4 nitrogen and oxygen atoms in total. The van der Waals surface area contributed by atoms with E-state index in [1.54, 1.807) is 37.6 Å². The van der Waals surface area contributed by atoms with Gasteiger partial charge in [0.05, 0.1) is 17.4 Å². The molecule has 1 amide bonds. The molecule has 2 N–H and O–H groups in total. The number of carbonyl (C=O) groups is 1. The van der Waals surface area contributed by atoms with E-state index < -0.39 is 0 Å². The van der Waals surface area contributed by atoms with Crippen molar-refractivity contribution in [3.63, 3.8) is 0 Å². The third-order valence-electron chi connectivity index (χ3n) is 2.70. The van der Waals surface area contributed by atoms with Crippen molar-refractivity contribution in [3.8, 4) is 0 Å². The second-order valence-electron chi connectivity index (χ2n) is 3.98. The van der Waals surface area contributed by atoms with Crippen molar-refractivity contribution in [3.05, 3.63) is 59.7 Å². The summed E-state index contributed by atoms with van der Waals surface area (Å²) in [6.07, 6.45) is 3.15. The number of carbonyl (C=O) groups excluding carboxylic acids is 1. The van der Waals surface area contributed by atoms with Crippen molar-refractivity contribution in [2.45, 2.75) is 6.54 Å². The van der Waals surface area contributed by atoms with Gasteiger partial charge in [-0.2, -0.15) is 0 Å². The van der Waals surface area contributed by atoms with Gasteiger partial charge in [0.1, 0.15) is 5.82 Å². The van der Waals surface area contributed by atoms with Crippen LogP contribution in [0.25, 0.3) is 0 Å². The number of aromatic nitrogens is 1. The maximum absolute atomic E-state index is 12.7. The van der Waals surface area contributed by atoms with Gasteiger partial charge in [-0.25, -0.2) is 4.39 Å². The van der Waals surface area contributed by atoms with E-state index in [9.17, 15) is 9.18 Å². The smallest absolute Gasteiger partial charge is 0.253 e. The van der Waals surface area contributed by atoms with Gasteiger partial charge in [0.25, 0.3) is 5.91 Å². The summed E-state index contributed by atoms with van der Waals surface area (Å²) in [5, 5.41) is 5.69. The fourth-order valence-electron chi connectivity index (χ4n) is 1.67. The molecule has 0 bridgehead atoms. The fourth-order valence-corrected chi connectivity index (χ4v) is 1.67. The highest BCUT2D eigenvalue weighted by molar-refractivity contribution is 5.99. The van der Waals surface area contributed by atoms with E-state index in [1.807, 2.05) is 0 Å². The molecule has 0 unspecified atom stereocenters. The van der Waals surface area contributed by atoms with Gasteiger partial charge in [0.2, 0.25) is 0 Å². The standard InChI is InChI=1S/C14H14FN3O/c1-16-13-9-17-7-6-12(13)14(19)18-8-10-2-4-11(15)5-3-10/h2-7,9,16H,8H2,1H3,(H,18,19). The molecule has 19 heavy (non-hydrogen) atoms. The molecule has 2 rings (SSSR count). The monoisotopic (exact) mass is 259 g/mol. The van der Waals surface area contributed by atoms with Gasteiger partial charge in [-0.15, -0.1) is 0 Å². The van der Waals surface area contributed by atoms with Crippen molar-refractivity contribution >= 4 is 11.6 Å². The van der Waals surface area contributed by atoms with E-state index in [1.165, 1.54) is 12.1 Å². The van der Waals surface area contributed by atoms with Crippen molar-refractivity contribution in [2.75, 3.05) is 12.4 Å². The molecule has 0 radical (unpaired) electrons. The van der Waals surface area contributed by atoms with E-state index in [0.29, 0.717) is 17.8 Å². The number of rotatable bonds is 4. The molecule has 0 spiro atoms. The molecule has 1 heterocycles. The second-order valence-corrected chi connectivity index (χ2v) is 3.98. The Morgan fingerprint density at radius 2 is 2.00 bits per heavy atom. The number of amides is 1. The summed E-state index contributed by atoms with van der Waals surface area (Å²) in [4.78, 5) is 16.0. The number of benzene rings is 1. The molecular formula is C14H14FN3O. The summed E-state index contributed by atoms with van der Waals surface area (Å²) in [6.45, 7) is 0.352. The lowest BCUT2D eigenvalue weighted by atomic mass is 10.2. The topological polar surface area (TPSA) is 54.0 Å². The van der Waals surface area contributed by atoms with E-state index in [2.05, 4.69) is 15.6 Å². The molecule has 0 fully saturated rings. The minimum Gasteiger partial charge on any atom is -0.386 e. The largest absolute Gasteiger partial charge is 0.386 e. The maximum Gasteiger partial charge on any atom is 0.253 e. The Morgan fingerprint density at radius 1 is 1.26 bits per heavy atom. The Morgan fingerprint density at radius 3 is 2.68 bits per heavy atom. The second kappa shape index (κ2) is 5.95. The van der Waals surface area contributed by atoms with Crippen molar-refractivity contribution in [2.24, 2.45) is 0 Å². The minimum atomic E-state index is -0.290. The van der Waals surface area contributed by atoms with Crippen molar-refractivity contribution < 1.29 is 9.18 Å². The molecule has 0 aliphatic rings. The van der Waals surface area contributed by atoms with Gasteiger partial charge in [0.15, 0.2) is 0 Å². The number of hydrogen-bond acceptors (Lipinski definition) is 3. The molecule has 0 saturated heterocycles. The van der Waals surface area contributed by atoms with Crippen molar-refractivity contribution in [1.29, 1.82) is 0 Å². The quantitative estimate of drug-likeness (QED) is 0.885. The molecule has 1 aromatic heterocycles. The first kappa shape index (κ1) is 13.0. The number of anilines is 1. The highest BCUT2D eigenvalue weighted by atomic mass is 19.1. The van der Waals surface area contributed by atoms with Gasteiger partial charge in [-0.05, 0) is 23.8 Å². The molecule has 98 valence electrons. The normalized spacial score (nSPS) is 10.0. The zero-order valence-electron chi connectivity index (χ0n) is 10.5. The van der Waals surface area contributed by atoms with Crippen LogP contribution in [-0.4, -0.2) is 17.9 Å². The Bertz CT molecular complexity index is 569. The third kappa shape index (κ3) is 3.28. The first-order chi connectivity index (χ1) is 9.20. The molecule has 0 aliphatic carbocycles. The maximum atomic E-state index is 12.7. The lowest BCUT2D eigenvalue weighted by Gasteiger charge is -2.09. The van der Waals surface area contributed by atoms with Crippen LogP contribution in [0.15, 0.2) is 42.7 Å². The summed E-state index contributed by atoms with van der Waals surface area (Å²) >= 11 is 0. The zero-order chi connectivity index (χ0) is 13.7. The average Bonchev–Trinajstić information content (AvgIpc) is 2.46. The van der Waals surface area contributed by atoms with E-state index in [-0.39, 0.29) is 11.7 Å². The molecule has 1 aromatic carbocycles. The van der Waals surface area contributed by atoms with Crippen LogP contribution in [0.4, 0.5) is 10.1 Å².